The number of halogens is 2. The third kappa shape index (κ3) is 4.00. The molecule has 0 aliphatic rings. The Hall–Kier alpha value is -1.03. The Morgan fingerprint density at radius 1 is 1.19 bits per heavy atom. The first kappa shape index (κ1) is 16.3. The molecule has 0 bridgehead atoms. The lowest BCUT2D eigenvalue weighted by atomic mass is 10.1. The predicted molar refractivity (Wildman–Crippen MR) is 87.0 cm³/mol. The Kier molecular flexibility index (Phi) is 5.68. The van der Waals surface area contributed by atoms with Gasteiger partial charge in [0.25, 0.3) is 0 Å². The first-order chi connectivity index (χ1) is 10.0. The first-order valence-corrected chi connectivity index (χ1v) is 7.97. The second-order valence-corrected chi connectivity index (χ2v) is 5.99. The molecule has 1 atom stereocenters. The molecule has 1 heterocycles. The molecule has 1 aromatic heterocycles. The maximum Gasteiger partial charge on any atom is 0.0860 e. The number of hydrogen-bond acceptors (Lipinski definition) is 2. The first-order valence-electron chi connectivity index (χ1n) is 7.22. The average Bonchev–Trinajstić information content (AvgIpc) is 2.88. The summed E-state index contributed by atoms with van der Waals surface area (Å²) >= 11 is 12.0. The van der Waals surface area contributed by atoms with Crippen molar-refractivity contribution in [2.75, 3.05) is 0 Å². The van der Waals surface area contributed by atoms with E-state index in [4.69, 9.17) is 23.2 Å². The number of aliphatic hydroxyl groups is 1. The van der Waals surface area contributed by atoms with Crippen LogP contribution in [0.3, 0.4) is 0 Å². The van der Waals surface area contributed by atoms with E-state index in [1.165, 1.54) is 0 Å². The number of nitrogens with zero attached hydrogens (tertiary/aromatic N) is 2. The van der Waals surface area contributed by atoms with Gasteiger partial charge in [-0.3, -0.25) is 4.68 Å². The zero-order valence-electron chi connectivity index (χ0n) is 12.3. The van der Waals surface area contributed by atoms with E-state index in [1.54, 1.807) is 18.2 Å². The lowest BCUT2D eigenvalue weighted by Crippen LogP contribution is -2.09. The fourth-order valence-electron chi connectivity index (χ4n) is 2.43. The number of aromatic nitrogens is 2. The lowest BCUT2D eigenvalue weighted by Gasteiger charge is -2.13. The minimum absolute atomic E-state index is 0.412. The molecule has 1 unspecified atom stereocenters. The van der Waals surface area contributed by atoms with Crippen LogP contribution in [0.25, 0.3) is 0 Å². The van der Waals surface area contributed by atoms with E-state index in [0.29, 0.717) is 28.1 Å². The quantitative estimate of drug-likeness (QED) is 0.825. The SMILES string of the molecule is CCC(CC)n1ccc(CC(O)c2ccc(Cl)cc2Cl)n1. The molecule has 2 aromatic rings. The fraction of sp³-hybridized carbons (Fsp3) is 0.438. The summed E-state index contributed by atoms with van der Waals surface area (Å²) in [7, 11) is 0. The van der Waals surface area contributed by atoms with E-state index in [1.807, 2.05) is 16.9 Å². The fourth-order valence-corrected chi connectivity index (χ4v) is 2.97. The van der Waals surface area contributed by atoms with Gasteiger partial charge in [-0.25, -0.2) is 0 Å². The summed E-state index contributed by atoms with van der Waals surface area (Å²) < 4.78 is 1.98. The summed E-state index contributed by atoms with van der Waals surface area (Å²) in [6.45, 7) is 4.30. The molecule has 0 radical (unpaired) electrons. The Morgan fingerprint density at radius 3 is 2.52 bits per heavy atom. The van der Waals surface area contributed by atoms with Crippen LogP contribution in [0.2, 0.25) is 10.0 Å². The molecular formula is C16H20Cl2N2O. The monoisotopic (exact) mass is 326 g/mol. The maximum absolute atomic E-state index is 10.3. The smallest absolute Gasteiger partial charge is 0.0860 e. The predicted octanol–water partition coefficient (Wildman–Crippen LogP) is 4.83. The molecule has 2 rings (SSSR count). The molecule has 0 amide bonds. The highest BCUT2D eigenvalue weighted by atomic mass is 35.5. The Balaban J connectivity index is 2.11. The van der Waals surface area contributed by atoms with Crippen LogP contribution in [0.15, 0.2) is 30.5 Å². The number of hydrogen-bond donors (Lipinski definition) is 1. The Bertz CT molecular complexity index is 594. The van der Waals surface area contributed by atoms with Gasteiger partial charge in [-0.1, -0.05) is 43.1 Å². The van der Waals surface area contributed by atoms with Crippen LogP contribution in [0.1, 0.15) is 50.1 Å². The Labute approximate surface area is 135 Å². The number of aliphatic hydroxyl groups excluding tert-OH is 1. The van der Waals surface area contributed by atoms with Gasteiger partial charge in [-0.05, 0) is 36.6 Å². The van der Waals surface area contributed by atoms with Crippen molar-refractivity contribution in [3.8, 4) is 0 Å². The van der Waals surface area contributed by atoms with Crippen molar-refractivity contribution in [2.45, 2.75) is 45.3 Å². The van der Waals surface area contributed by atoms with Crippen LogP contribution in [-0.4, -0.2) is 14.9 Å². The van der Waals surface area contributed by atoms with Crippen molar-refractivity contribution in [1.29, 1.82) is 0 Å². The maximum atomic E-state index is 10.3. The summed E-state index contributed by atoms with van der Waals surface area (Å²) in [5.41, 5.74) is 1.54. The molecule has 0 spiro atoms. The summed E-state index contributed by atoms with van der Waals surface area (Å²) in [5.74, 6) is 0. The highest BCUT2D eigenvalue weighted by molar-refractivity contribution is 6.35. The number of rotatable bonds is 6. The minimum Gasteiger partial charge on any atom is -0.388 e. The van der Waals surface area contributed by atoms with Gasteiger partial charge in [0.1, 0.15) is 0 Å². The molecule has 1 aromatic carbocycles. The van der Waals surface area contributed by atoms with E-state index in [9.17, 15) is 5.11 Å². The summed E-state index contributed by atoms with van der Waals surface area (Å²) in [6.07, 6.45) is 3.82. The van der Waals surface area contributed by atoms with E-state index < -0.39 is 6.10 Å². The van der Waals surface area contributed by atoms with Gasteiger partial charge >= 0.3 is 0 Å². The van der Waals surface area contributed by atoms with Gasteiger partial charge < -0.3 is 5.11 Å². The van der Waals surface area contributed by atoms with Crippen LogP contribution >= 0.6 is 23.2 Å². The normalized spacial score (nSPS) is 12.9. The zero-order valence-corrected chi connectivity index (χ0v) is 13.8. The average molecular weight is 327 g/mol. The topological polar surface area (TPSA) is 38.0 Å². The van der Waals surface area contributed by atoms with Gasteiger partial charge in [0.05, 0.1) is 17.8 Å². The van der Waals surface area contributed by atoms with Crippen LogP contribution < -0.4 is 0 Å². The van der Waals surface area contributed by atoms with Gasteiger partial charge in [0.2, 0.25) is 0 Å². The van der Waals surface area contributed by atoms with Crippen LogP contribution in [0, 0.1) is 0 Å². The Morgan fingerprint density at radius 2 is 1.90 bits per heavy atom. The molecule has 0 saturated heterocycles. The summed E-state index contributed by atoms with van der Waals surface area (Å²) in [4.78, 5) is 0. The van der Waals surface area contributed by atoms with Crippen molar-refractivity contribution in [2.24, 2.45) is 0 Å². The van der Waals surface area contributed by atoms with Gasteiger partial charge in [0, 0.05) is 22.7 Å². The highest BCUT2D eigenvalue weighted by Gasteiger charge is 2.15. The minimum atomic E-state index is -0.681. The zero-order chi connectivity index (χ0) is 15.4. The van der Waals surface area contributed by atoms with Gasteiger partial charge in [0.15, 0.2) is 0 Å². The van der Waals surface area contributed by atoms with Crippen molar-refractivity contribution >= 4 is 23.2 Å². The van der Waals surface area contributed by atoms with E-state index >= 15 is 0 Å². The molecular weight excluding hydrogens is 307 g/mol. The molecule has 5 heteroatoms. The van der Waals surface area contributed by atoms with Crippen molar-refractivity contribution in [3.63, 3.8) is 0 Å². The molecule has 3 nitrogen and oxygen atoms in total. The second-order valence-electron chi connectivity index (χ2n) is 5.14. The summed E-state index contributed by atoms with van der Waals surface area (Å²) in [6, 6.07) is 7.49. The third-order valence-electron chi connectivity index (χ3n) is 3.70. The van der Waals surface area contributed by atoms with Gasteiger partial charge in [-0.15, -0.1) is 0 Å². The van der Waals surface area contributed by atoms with Crippen LogP contribution in [-0.2, 0) is 6.42 Å². The summed E-state index contributed by atoms with van der Waals surface area (Å²) in [5, 5.41) is 15.9. The van der Waals surface area contributed by atoms with Crippen molar-refractivity contribution in [1.82, 2.24) is 9.78 Å². The van der Waals surface area contributed by atoms with Crippen LogP contribution in [0.5, 0.6) is 0 Å². The van der Waals surface area contributed by atoms with Crippen molar-refractivity contribution in [3.05, 3.63) is 51.8 Å². The third-order valence-corrected chi connectivity index (χ3v) is 4.27. The molecule has 1 N–H and O–H groups in total. The standard InChI is InChI=1S/C16H20Cl2N2O/c1-3-13(4-2)20-8-7-12(19-20)10-16(21)14-6-5-11(17)9-15(14)18/h5-9,13,16,21H,3-4,10H2,1-2H3. The highest BCUT2D eigenvalue weighted by Crippen LogP contribution is 2.28. The van der Waals surface area contributed by atoms with Crippen molar-refractivity contribution < 1.29 is 5.11 Å². The number of benzene rings is 1. The molecule has 0 saturated carbocycles. The van der Waals surface area contributed by atoms with Gasteiger partial charge in [-0.2, -0.15) is 5.10 Å². The largest absolute Gasteiger partial charge is 0.388 e. The molecule has 0 aliphatic heterocycles. The second kappa shape index (κ2) is 7.30. The molecule has 0 aliphatic carbocycles. The van der Waals surface area contributed by atoms with E-state index in [2.05, 4.69) is 18.9 Å². The van der Waals surface area contributed by atoms with Crippen LogP contribution in [0.4, 0.5) is 0 Å². The van der Waals surface area contributed by atoms with E-state index in [0.717, 1.165) is 18.5 Å². The molecule has 114 valence electrons. The lowest BCUT2D eigenvalue weighted by molar-refractivity contribution is 0.177. The molecule has 0 fully saturated rings. The molecule has 21 heavy (non-hydrogen) atoms. The van der Waals surface area contributed by atoms with E-state index in [-0.39, 0.29) is 0 Å².